The topological polar surface area (TPSA) is 98.3 Å². The highest BCUT2D eigenvalue weighted by molar-refractivity contribution is 6.34. The number of nitrogens with zero attached hydrogens (tertiary/aromatic N) is 2. The van der Waals surface area contributed by atoms with Gasteiger partial charge < -0.3 is 20.3 Å². The molecule has 1 atom stereocenters. The highest BCUT2D eigenvalue weighted by Gasteiger charge is 2.23. The van der Waals surface area contributed by atoms with Crippen molar-refractivity contribution >= 4 is 45.7 Å². The summed E-state index contributed by atoms with van der Waals surface area (Å²) in [5.74, 6) is 0.165. The summed E-state index contributed by atoms with van der Waals surface area (Å²) in [6.07, 6.45) is 0.259. The van der Waals surface area contributed by atoms with E-state index < -0.39 is 6.10 Å². The first-order valence-electron chi connectivity index (χ1n) is 10.5. The third kappa shape index (κ3) is 4.60. The second-order valence-electron chi connectivity index (χ2n) is 8.31. The number of fused-ring (bicyclic) bond motifs is 1. The summed E-state index contributed by atoms with van der Waals surface area (Å²) in [7, 11) is 0. The molecule has 0 unspecified atom stereocenters. The van der Waals surface area contributed by atoms with Gasteiger partial charge in [-0.05, 0) is 36.2 Å². The standard InChI is InChI=1S/C23H24Cl2N4O3/c1-12(2)22(31)26-10-13-3-4-17(24)15(7-13)21-27-19-9-18(25)20(8-16(19)23(32)28-21)29-6-5-14(30)11-29/h3-4,7-9,12,14,30H,5-6,10-11H2,1-2H3,(H,26,31)(H,27,28,32)/t14-/m1/s1. The van der Waals surface area contributed by atoms with Crippen molar-refractivity contribution in [2.24, 2.45) is 5.92 Å². The molecule has 0 bridgehead atoms. The molecule has 7 nitrogen and oxygen atoms in total. The first-order valence-corrected chi connectivity index (χ1v) is 11.2. The Morgan fingerprint density at radius 3 is 2.75 bits per heavy atom. The Balaban J connectivity index is 1.70. The maximum absolute atomic E-state index is 12.9. The van der Waals surface area contributed by atoms with Gasteiger partial charge in [0.15, 0.2) is 0 Å². The number of carbonyl (C=O) groups excluding carboxylic acids is 1. The summed E-state index contributed by atoms with van der Waals surface area (Å²) in [6, 6.07) is 8.71. The number of aliphatic hydroxyl groups excluding tert-OH is 1. The second kappa shape index (κ2) is 9.10. The number of aromatic amines is 1. The van der Waals surface area contributed by atoms with Gasteiger partial charge in [-0.3, -0.25) is 9.59 Å². The fourth-order valence-electron chi connectivity index (χ4n) is 3.74. The van der Waals surface area contributed by atoms with Crippen molar-refractivity contribution in [1.29, 1.82) is 0 Å². The van der Waals surface area contributed by atoms with E-state index in [9.17, 15) is 14.7 Å². The number of rotatable bonds is 5. The molecule has 32 heavy (non-hydrogen) atoms. The number of aromatic nitrogens is 2. The van der Waals surface area contributed by atoms with Gasteiger partial charge in [0.2, 0.25) is 5.91 Å². The van der Waals surface area contributed by atoms with Crippen molar-refractivity contribution in [1.82, 2.24) is 15.3 Å². The Hall–Kier alpha value is -2.61. The Kier molecular flexibility index (Phi) is 6.42. The summed E-state index contributed by atoms with van der Waals surface area (Å²) in [6.45, 7) is 5.15. The van der Waals surface area contributed by atoms with Gasteiger partial charge in [0.05, 0.1) is 32.7 Å². The molecule has 3 N–H and O–H groups in total. The maximum Gasteiger partial charge on any atom is 0.259 e. The monoisotopic (exact) mass is 474 g/mol. The van der Waals surface area contributed by atoms with Crippen molar-refractivity contribution in [2.45, 2.75) is 32.9 Å². The van der Waals surface area contributed by atoms with E-state index in [0.717, 1.165) is 5.56 Å². The quantitative estimate of drug-likeness (QED) is 0.523. The number of hydrogen-bond donors (Lipinski definition) is 3. The molecule has 2 heterocycles. The molecule has 2 aromatic carbocycles. The number of amides is 1. The number of nitrogens with one attached hydrogen (secondary N) is 2. The number of carbonyl (C=O) groups is 1. The number of β-amino-alcohol motifs (C(OH)–C–C–N with tert-alkyl or cyclic N) is 1. The van der Waals surface area contributed by atoms with E-state index in [1.165, 1.54) is 0 Å². The average Bonchev–Trinajstić information content (AvgIpc) is 3.18. The van der Waals surface area contributed by atoms with Crippen LogP contribution in [0.5, 0.6) is 0 Å². The number of hydrogen-bond acceptors (Lipinski definition) is 5. The average molecular weight is 475 g/mol. The third-order valence-electron chi connectivity index (χ3n) is 5.56. The maximum atomic E-state index is 12.9. The van der Waals surface area contributed by atoms with Gasteiger partial charge in [-0.15, -0.1) is 0 Å². The minimum absolute atomic E-state index is 0.0466. The zero-order valence-electron chi connectivity index (χ0n) is 17.8. The molecular weight excluding hydrogens is 451 g/mol. The normalized spacial score (nSPS) is 16.2. The lowest BCUT2D eigenvalue weighted by atomic mass is 10.1. The molecule has 9 heteroatoms. The van der Waals surface area contributed by atoms with Gasteiger partial charge in [0.1, 0.15) is 5.82 Å². The molecule has 4 rings (SSSR count). The van der Waals surface area contributed by atoms with Crippen LogP contribution in [-0.2, 0) is 11.3 Å². The van der Waals surface area contributed by atoms with E-state index in [-0.39, 0.29) is 17.4 Å². The fraction of sp³-hybridized carbons (Fsp3) is 0.348. The molecule has 1 amide bonds. The van der Waals surface area contributed by atoms with Gasteiger partial charge in [-0.1, -0.05) is 43.1 Å². The van der Waals surface area contributed by atoms with E-state index in [1.807, 2.05) is 24.8 Å². The summed E-state index contributed by atoms with van der Waals surface area (Å²) in [5.41, 5.74) is 2.24. The highest BCUT2D eigenvalue weighted by atomic mass is 35.5. The second-order valence-corrected chi connectivity index (χ2v) is 9.12. The van der Waals surface area contributed by atoms with Crippen LogP contribution in [0.15, 0.2) is 35.1 Å². The molecule has 1 aliphatic rings. The molecule has 1 saturated heterocycles. The van der Waals surface area contributed by atoms with Crippen LogP contribution in [0, 0.1) is 5.92 Å². The Bertz CT molecular complexity index is 1240. The molecule has 0 spiro atoms. The van der Waals surface area contributed by atoms with Crippen LogP contribution in [0.4, 0.5) is 5.69 Å². The lowest BCUT2D eigenvalue weighted by Crippen LogP contribution is -2.27. The first kappa shape index (κ1) is 22.6. The van der Waals surface area contributed by atoms with Crippen molar-refractivity contribution in [2.75, 3.05) is 18.0 Å². The molecule has 0 radical (unpaired) electrons. The predicted molar refractivity (Wildman–Crippen MR) is 127 cm³/mol. The van der Waals surface area contributed by atoms with Crippen LogP contribution in [0.1, 0.15) is 25.8 Å². The van der Waals surface area contributed by atoms with Gasteiger partial charge in [0, 0.05) is 31.1 Å². The Labute approximate surface area is 195 Å². The van der Waals surface area contributed by atoms with Crippen LogP contribution >= 0.6 is 23.2 Å². The number of benzene rings is 2. The number of H-pyrrole nitrogens is 1. The zero-order chi connectivity index (χ0) is 23.0. The molecule has 0 saturated carbocycles. The molecule has 1 aromatic heterocycles. The van der Waals surface area contributed by atoms with Crippen LogP contribution in [-0.4, -0.2) is 40.2 Å². The Morgan fingerprint density at radius 2 is 2.06 bits per heavy atom. The van der Waals surface area contributed by atoms with E-state index in [1.54, 1.807) is 24.3 Å². The van der Waals surface area contributed by atoms with E-state index in [0.29, 0.717) is 64.1 Å². The highest BCUT2D eigenvalue weighted by Crippen LogP contribution is 2.33. The number of halogens is 2. The molecule has 168 valence electrons. The van der Waals surface area contributed by atoms with Crippen molar-refractivity contribution in [3.63, 3.8) is 0 Å². The fourth-order valence-corrected chi connectivity index (χ4v) is 4.22. The Morgan fingerprint density at radius 1 is 1.28 bits per heavy atom. The van der Waals surface area contributed by atoms with E-state index in [2.05, 4.69) is 15.3 Å². The van der Waals surface area contributed by atoms with Crippen LogP contribution in [0.3, 0.4) is 0 Å². The first-order chi connectivity index (χ1) is 15.2. The van der Waals surface area contributed by atoms with Gasteiger partial charge in [-0.2, -0.15) is 0 Å². The smallest absolute Gasteiger partial charge is 0.259 e. The summed E-state index contributed by atoms with van der Waals surface area (Å²) >= 11 is 12.9. The summed E-state index contributed by atoms with van der Waals surface area (Å²) < 4.78 is 0. The largest absolute Gasteiger partial charge is 0.391 e. The molecule has 1 fully saturated rings. The summed E-state index contributed by atoms with van der Waals surface area (Å²) in [4.78, 5) is 34.1. The zero-order valence-corrected chi connectivity index (χ0v) is 19.3. The van der Waals surface area contributed by atoms with Crippen molar-refractivity contribution in [3.8, 4) is 11.4 Å². The van der Waals surface area contributed by atoms with E-state index in [4.69, 9.17) is 23.2 Å². The predicted octanol–water partition coefficient (Wildman–Crippen LogP) is 3.74. The minimum Gasteiger partial charge on any atom is -0.391 e. The third-order valence-corrected chi connectivity index (χ3v) is 6.19. The number of aliphatic hydroxyl groups is 1. The van der Waals surface area contributed by atoms with Crippen molar-refractivity contribution < 1.29 is 9.90 Å². The molecule has 3 aromatic rings. The summed E-state index contributed by atoms with van der Waals surface area (Å²) in [5, 5.41) is 14.0. The van der Waals surface area contributed by atoms with Gasteiger partial charge >= 0.3 is 0 Å². The van der Waals surface area contributed by atoms with Crippen LogP contribution < -0.4 is 15.8 Å². The van der Waals surface area contributed by atoms with Gasteiger partial charge in [0.25, 0.3) is 5.56 Å². The molecular formula is C23H24Cl2N4O3. The van der Waals surface area contributed by atoms with Crippen LogP contribution in [0.2, 0.25) is 10.0 Å². The van der Waals surface area contributed by atoms with Crippen molar-refractivity contribution in [3.05, 3.63) is 56.3 Å². The van der Waals surface area contributed by atoms with E-state index >= 15 is 0 Å². The lowest BCUT2D eigenvalue weighted by molar-refractivity contribution is -0.124. The minimum atomic E-state index is -0.403. The lowest BCUT2D eigenvalue weighted by Gasteiger charge is -2.19. The van der Waals surface area contributed by atoms with Gasteiger partial charge in [-0.25, -0.2) is 4.98 Å². The molecule has 1 aliphatic heterocycles. The SMILES string of the molecule is CC(C)C(=O)NCc1ccc(Cl)c(-c2nc3cc(Cl)c(N4CC[C@@H](O)C4)cc3c(=O)[nH]2)c1. The number of anilines is 1. The molecule has 0 aliphatic carbocycles. The van der Waals surface area contributed by atoms with Crippen LogP contribution in [0.25, 0.3) is 22.3 Å².